The summed E-state index contributed by atoms with van der Waals surface area (Å²) in [7, 11) is 0. The van der Waals surface area contributed by atoms with Crippen LogP contribution in [0.4, 0.5) is 5.69 Å². The zero-order valence-electron chi connectivity index (χ0n) is 15.6. The predicted molar refractivity (Wildman–Crippen MR) is 97.7 cm³/mol. The maximum Gasteiger partial charge on any atom is 0.308 e. The van der Waals surface area contributed by atoms with Crippen molar-refractivity contribution in [1.29, 1.82) is 5.26 Å². The van der Waals surface area contributed by atoms with E-state index in [4.69, 9.17) is 9.47 Å². The second-order valence-electron chi connectivity index (χ2n) is 6.91. The molecule has 1 saturated carbocycles. The summed E-state index contributed by atoms with van der Waals surface area (Å²) in [6.45, 7) is 5.97. The lowest BCUT2D eigenvalue weighted by Gasteiger charge is -2.38. The van der Waals surface area contributed by atoms with Crippen molar-refractivity contribution >= 4 is 17.6 Å². The first kappa shape index (κ1) is 19.9. The highest BCUT2D eigenvalue weighted by atomic mass is 16.5. The first-order valence-corrected chi connectivity index (χ1v) is 9.08. The third kappa shape index (κ3) is 4.83. The number of carbonyl (C=O) groups excluding carboxylic acids is 2. The van der Waals surface area contributed by atoms with Gasteiger partial charge in [-0.2, -0.15) is 5.26 Å². The van der Waals surface area contributed by atoms with Crippen molar-refractivity contribution in [3.8, 4) is 11.8 Å². The molecule has 0 heterocycles. The number of benzene rings is 1. The number of amides is 1. The number of anilines is 1. The SMILES string of the molecule is CCCO[C@]1(C(=O)Nc2ccc(OC(C)=O)c(C#N)c2)CCC[C@H](C)C1. The molecule has 0 aromatic heterocycles. The van der Waals surface area contributed by atoms with Crippen molar-refractivity contribution in [2.24, 2.45) is 5.92 Å². The van der Waals surface area contributed by atoms with Crippen LogP contribution in [0.25, 0.3) is 0 Å². The summed E-state index contributed by atoms with van der Waals surface area (Å²) in [6.07, 6.45) is 4.28. The van der Waals surface area contributed by atoms with Crippen LogP contribution in [0.1, 0.15) is 58.4 Å². The summed E-state index contributed by atoms with van der Waals surface area (Å²) in [5.74, 6) is -0.0726. The third-order valence-electron chi connectivity index (χ3n) is 4.56. The number of hydrogen-bond donors (Lipinski definition) is 1. The Labute approximate surface area is 154 Å². The number of nitrogens with one attached hydrogen (secondary N) is 1. The van der Waals surface area contributed by atoms with Gasteiger partial charge in [-0.05, 0) is 49.8 Å². The summed E-state index contributed by atoms with van der Waals surface area (Å²) in [4.78, 5) is 24.1. The molecule has 6 nitrogen and oxygen atoms in total. The number of nitriles is 1. The molecule has 26 heavy (non-hydrogen) atoms. The minimum Gasteiger partial charge on any atom is -0.425 e. The van der Waals surface area contributed by atoms with Crippen molar-refractivity contribution in [1.82, 2.24) is 0 Å². The number of nitrogens with zero attached hydrogens (tertiary/aromatic N) is 1. The van der Waals surface area contributed by atoms with E-state index in [9.17, 15) is 14.9 Å². The molecule has 1 aromatic rings. The van der Waals surface area contributed by atoms with E-state index in [1.54, 1.807) is 6.07 Å². The van der Waals surface area contributed by atoms with Gasteiger partial charge in [0.25, 0.3) is 5.91 Å². The van der Waals surface area contributed by atoms with Gasteiger partial charge in [-0.25, -0.2) is 0 Å². The van der Waals surface area contributed by atoms with Crippen LogP contribution in [-0.4, -0.2) is 24.1 Å². The Balaban J connectivity index is 2.20. The molecule has 1 fully saturated rings. The molecular weight excluding hydrogens is 332 g/mol. The minimum atomic E-state index is -0.824. The highest BCUT2D eigenvalue weighted by Gasteiger charge is 2.42. The topological polar surface area (TPSA) is 88.4 Å². The van der Waals surface area contributed by atoms with E-state index in [0.717, 1.165) is 19.3 Å². The number of rotatable bonds is 6. The normalized spacial score (nSPS) is 22.3. The van der Waals surface area contributed by atoms with Crippen molar-refractivity contribution in [2.45, 2.75) is 58.5 Å². The van der Waals surface area contributed by atoms with Crippen LogP contribution in [0, 0.1) is 17.2 Å². The molecule has 0 aliphatic heterocycles. The second kappa shape index (κ2) is 8.81. The first-order chi connectivity index (χ1) is 12.4. The maximum absolute atomic E-state index is 13.0. The summed E-state index contributed by atoms with van der Waals surface area (Å²) in [5.41, 5.74) is -0.145. The lowest BCUT2D eigenvalue weighted by molar-refractivity contribution is -0.148. The van der Waals surface area contributed by atoms with Gasteiger partial charge < -0.3 is 14.8 Å². The average molecular weight is 358 g/mol. The number of ether oxygens (including phenoxy) is 2. The quantitative estimate of drug-likeness (QED) is 0.617. The van der Waals surface area contributed by atoms with Gasteiger partial charge in [0.15, 0.2) is 0 Å². The van der Waals surface area contributed by atoms with Gasteiger partial charge in [0.1, 0.15) is 17.4 Å². The molecular formula is C20H26N2O4. The fraction of sp³-hybridized carbons (Fsp3) is 0.550. The molecule has 0 saturated heterocycles. The van der Waals surface area contributed by atoms with Crippen LogP contribution in [0.3, 0.4) is 0 Å². The van der Waals surface area contributed by atoms with Crippen molar-refractivity contribution in [3.63, 3.8) is 0 Å². The van der Waals surface area contributed by atoms with Gasteiger partial charge in [-0.15, -0.1) is 0 Å². The van der Waals surface area contributed by atoms with Crippen molar-refractivity contribution in [2.75, 3.05) is 11.9 Å². The summed E-state index contributed by atoms with van der Waals surface area (Å²) < 4.78 is 11.0. The van der Waals surface area contributed by atoms with Crippen LogP contribution in [-0.2, 0) is 14.3 Å². The molecule has 0 radical (unpaired) electrons. The molecule has 6 heteroatoms. The van der Waals surface area contributed by atoms with E-state index >= 15 is 0 Å². The molecule has 2 rings (SSSR count). The van der Waals surface area contributed by atoms with Gasteiger partial charge in [0, 0.05) is 19.2 Å². The molecule has 0 unspecified atom stereocenters. The fourth-order valence-electron chi connectivity index (χ4n) is 3.39. The van der Waals surface area contributed by atoms with Crippen LogP contribution in [0.15, 0.2) is 18.2 Å². The van der Waals surface area contributed by atoms with Crippen LogP contribution >= 0.6 is 0 Å². The molecule has 140 valence electrons. The van der Waals surface area contributed by atoms with E-state index in [0.29, 0.717) is 31.1 Å². The number of hydrogen-bond acceptors (Lipinski definition) is 5. The fourth-order valence-corrected chi connectivity index (χ4v) is 3.39. The Kier molecular flexibility index (Phi) is 6.76. The molecule has 1 aromatic carbocycles. The molecule has 0 spiro atoms. The van der Waals surface area contributed by atoms with Crippen LogP contribution in [0.2, 0.25) is 0 Å². The summed E-state index contributed by atoms with van der Waals surface area (Å²) in [5, 5.41) is 12.1. The molecule has 0 bridgehead atoms. The summed E-state index contributed by atoms with van der Waals surface area (Å²) >= 11 is 0. The van der Waals surface area contributed by atoms with E-state index < -0.39 is 11.6 Å². The van der Waals surface area contributed by atoms with Gasteiger partial charge in [0.05, 0.1) is 5.56 Å². The standard InChI is InChI=1S/C20H26N2O4/c1-4-10-25-20(9-5-6-14(2)12-20)19(24)22-17-7-8-18(26-15(3)23)16(11-17)13-21/h7-8,11,14H,4-6,9-10,12H2,1-3H3,(H,22,24)/t14-,20+/m0/s1. The first-order valence-electron chi connectivity index (χ1n) is 9.08. The minimum absolute atomic E-state index is 0.179. The zero-order valence-corrected chi connectivity index (χ0v) is 15.6. The molecule has 1 aliphatic rings. The maximum atomic E-state index is 13.0. The largest absolute Gasteiger partial charge is 0.425 e. The van der Waals surface area contributed by atoms with Gasteiger partial charge in [0.2, 0.25) is 0 Å². The Bertz CT molecular complexity index is 710. The van der Waals surface area contributed by atoms with Crippen LogP contribution in [0.5, 0.6) is 5.75 Å². The van der Waals surface area contributed by atoms with Gasteiger partial charge >= 0.3 is 5.97 Å². The average Bonchev–Trinajstić information content (AvgIpc) is 2.60. The monoisotopic (exact) mass is 358 g/mol. The van der Waals surface area contributed by atoms with E-state index in [-0.39, 0.29) is 17.2 Å². The Morgan fingerprint density at radius 1 is 1.42 bits per heavy atom. The lowest BCUT2D eigenvalue weighted by Crippen LogP contribution is -2.48. The van der Waals surface area contributed by atoms with E-state index in [2.05, 4.69) is 12.2 Å². The number of esters is 1. The van der Waals surface area contributed by atoms with Crippen molar-refractivity contribution < 1.29 is 19.1 Å². The zero-order chi connectivity index (χ0) is 19.2. The Morgan fingerprint density at radius 2 is 2.19 bits per heavy atom. The van der Waals surface area contributed by atoms with Crippen LogP contribution < -0.4 is 10.1 Å². The second-order valence-corrected chi connectivity index (χ2v) is 6.91. The smallest absolute Gasteiger partial charge is 0.308 e. The van der Waals surface area contributed by atoms with E-state index in [1.165, 1.54) is 19.1 Å². The predicted octanol–water partition coefficient (Wildman–Crippen LogP) is 3.80. The van der Waals surface area contributed by atoms with Gasteiger partial charge in [-0.1, -0.05) is 20.3 Å². The molecule has 2 atom stereocenters. The highest BCUT2D eigenvalue weighted by Crippen LogP contribution is 2.36. The third-order valence-corrected chi connectivity index (χ3v) is 4.56. The van der Waals surface area contributed by atoms with E-state index in [1.807, 2.05) is 13.0 Å². The Hall–Kier alpha value is -2.39. The van der Waals surface area contributed by atoms with Gasteiger partial charge in [-0.3, -0.25) is 9.59 Å². The number of carbonyl (C=O) groups is 2. The highest BCUT2D eigenvalue weighted by molar-refractivity contribution is 5.97. The van der Waals surface area contributed by atoms with Crippen molar-refractivity contribution in [3.05, 3.63) is 23.8 Å². The summed E-state index contributed by atoms with van der Waals surface area (Å²) in [6, 6.07) is 6.63. The Morgan fingerprint density at radius 3 is 2.81 bits per heavy atom. The molecule has 1 N–H and O–H groups in total. The molecule has 1 aliphatic carbocycles. The molecule has 1 amide bonds. The lowest BCUT2D eigenvalue weighted by atomic mass is 9.78.